The normalized spacial score (nSPS) is 13.1. The van der Waals surface area contributed by atoms with Crippen LogP contribution in [0.3, 0.4) is 0 Å². The van der Waals surface area contributed by atoms with Gasteiger partial charge in [0.1, 0.15) is 21.9 Å². The molecule has 0 amide bonds. The Morgan fingerprint density at radius 2 is 2.30 bits per heavy atom. The van der Waals surface area contributed by atoms with E-state index in [4.69, 9.17) is 0 Å². The highest BCUT2D eigenvalue weighted by molar-refractivity contribution is 7.89. The molecule has 0 saturated carbocycles. The van der Waals surface area contributed by atoms with Crippen molar-refractivity contribution in [2.75, 3.05) is 7.11 Å². The molecule has 20 heavy (non-hydrogen) atoms. The summed E-state index contributed by atoms with van der Waals surface area (Å²) in [5.74, 6) is -0.309. The highest BCUT2D eigenvalue weighted by atomic mass is 32.2. The predicted molar refractivity (Wildman–Crippen MR) is 70.8 cm³/mol. The van der Waals surface area contributed by atoms with Crippen LogP contribution in [0, 0.1) is 0 Å². The number of methoxy groups -OCH3 is 1. The van der Waals surface area contributed by atoms with E-state index in [1.807, 2.05) is 0 Å². The number of nitrogens with one attached hydrogen (secondary N) is 2. The van der Waals surface area contributed by atoms with E-state index in [2.05, 4.69) is 24.6 Å². The van der Waals surface area contributed by atoms with Crippen molar-refractivity contribution in [2.24, 2.45) is 0 Å². The van der Waals surface area contributed by atoms with E-state index in [1.54, 1.807) is 6.92 Å². The lowest BCUT2D eigenvalue weighted by atomic mass is 10.3. The molecule has 108 valence electrons. The maximum absolute atomic E-state index is 12.3. The van der Waals surface area contributed by atoms with Gasteiger partial charge in [0.25, 0.3) is 0 Å². The first-order chi connectivity index (χ1) is 9.45. The molecule has 0 bridgehead atoms. The summed E-state index contributed by atoms with van der Waals surface area (Å²) in [5, 5.41) is 7.74. The number of sulfonamides is 1. The van der Waals surface area contributed by atoms with Gasteiger partial charge in [0, 0.05) is 0 Å². The molecule has 0 aliphatic carbocycles. The highest BCUT2D eigenvalue weighted by Crippen LogP contribution is 2.24. The average molecular weight is 316 g/mol. The summed E-state index contributed by atoms with van der Waals surface area (Å²) in [6.07, 6.45) is 1.28. The Balaban J connectivity index is 2.27. The molecule has 0 fully saturated rings. The lowest BCUT2D eigenvalue weighted by Gasteiger charge is -2.11. The van der Waals surface area contributed by atoms with Crippen LogP contribution in [0.1, 0.15) is 28.5 Å². The van der Waals surface area contributed by atoms with Crippen LogP contribution in [-0.4, -0.2) is 36.7 Å². The van der Waals surface area contributed by atoms with E-state index in [-0.39, 0.29) is 9.77 Å². The number of H-pyrrole nitrogens is 1. The maximum Gasteiger partial charge on any atom is 0.349 e. The summed E-state index contributed by atoms with van der Waals surface area (Å²) in [7, 11) is -2.66. The molecule has 1 atom stereocenters. The zero-order valence-electron chi connectivity index (χ0n) is 10.7. The summed E-state index contributed by atoms with van der Waals surface area (Å²) in [6.45, 7) is 1.61. The molecular formula is C10H12N4O4S2. The monoisotopic (exact) mass is 316 g/mol. The summed E-state index contributed by atoms with van der Waals surface area (Å²) >= 11 is 1.00. The van der Waals surface area contributed by atoms with Crippen LogP contribution in [0.5, 0.6) is 0 Å². The molecule has 0 radical (unpaired) electrons. The van der Waals surface area contributed by atoms with Crippen molar-refractivity contribution in [3.05, 3.63) is 28.5 Å². The molecule has 0 spiro atoms. The second-order valence-electron chi connectivity index (χ2n) is 3.82. The number of aromatic amines is 1. The number of thiophene rings is 1. The van der Waals surface area contributed by atoms with E-state index in [1.165, 1.54) is 24.9 Å². The summed E-state index contributed by atoms with van der Waals surface area (Å²) in [5.41, 5.74) is 0. The van der Waals surface area contributed by atoms with Gasteiger partial charge in [0.05, 0.1) is 13.2 Å². The molecule has 10 heteroatoms. The van der Waals surface area contributed by atoms with Crippen molar-refractivity contribution >= 4 is 27.3 Å². The van der Waals surface area contributed by atoms with Crippen molar-refractivity contribution in [1.82, 2.24) is 19.9 Å². The van der Waals surface area contributed by atoms with E-state index in [0.717, 1.165) is 11.3 Å². The fraction of sp³-hybridized carbons (Fsp3) is 0.300. The Morgan fingerprint density at radius 1 is 1.55 bits per heavy atom. The van der Waals surface area contributed by atoms with Crippen LogP contribution >= 0.6 is 11.3 Å². The Bertz CT molecular complexity index is 693. The Morgan fingerprint density at radius 3 is 2.90 bits per heavy atom. The average Bonchev–Trinajstić information content (AvgIpc) is 3.08. The third kappa shape index (κ3) is 2.86. The molecule has 2 aromatic heterocycles. The Labute approximate surface area is 119 Å². The van der Waals surface area contributed by atoms with Gasteiger partial charge in [-0.3, -0.25) is 5.10 Å². The number of hydrogen-bond donors (Lipinski definition) is 2. The zero-order valence-corrected chi connectivity index (χ0v) is 12.3. The van der Waals surface area contributed by atoms with Crippen LogP contribution < -0.4 is 4.72 Å². The van der Waals surface area contributed by atoms with E-state index < -0.39 is 22.0 Å². The number of esters is 1. The molecule has 8 nitrogen and oxygen atoms in total. The van der Waals surface area contributed by atoms with Gasteiger partial charge in [-0.05, 0) is 18.4 Å². The molecule has 2 rings (SSSR count). The number of carbonyl (C=O) groups is 1. The topological polar surface area (TPSA) is 114 Å². The van der Waals surface area contributed by atoms with Crippen molar-refractivity contribution in [3.8, 4) is 0 Å². The van der Waals surface area contributed by atoms with Crippen molar-refractivity contribution in [3.63, 3.8) is 0 Å². The van der Waals surface area contributed by atoms with Gasteiger partial charge in [0.2, 0.25) is 10.0 Å². The van der Waals surface area contributed by atoms with E-state index in [0.29, 0.717) is 5.82 Å². The fourth-order valence-electron chi connectivity index (χ4n) is 1.53. The quantitative estimate of drug-likeness (QED) is 0.785. The second kappa shape index (κ2) is 5.69. The number of rotatable bonds is 5. The minimum atomic E-state index is -3.86. The lowest BCUT2D eigenvalue weighted by Crippen LogP contribution is -2.28. The number of aromatic nitrogens is 3. The molecule has 0 aliphatic rings. The van der Waals surface area contributed by atoms with Crippen LogP contribution in [-0.2, 0) is 14.8 Å². The van der Waals surface area contributed by atoms with Gasteiger partial charge in [-0.15, -0.1) is 11.3 Å². The third-order valence-electron chi connectivity index (χ3n) is 2.47. The first-order valence-corrected chi connectivity index (χ1v) is 7.85. The standard InChI is InChI=1S/C10H12N4O4S2/c1-6(9-11-5-12-13-9)14-20(16,17)7-3-4-19-8(7)10(15)18-2/h3-6,14H,1-2H3,(H,11,12,13). The number of carbonyl (C=O) groups excluding carboxylic acids is 1. The van der Waals surface area contributed by atoms with Crippen LogP contribution in [0.4, 0.5) is 0 Å². The lowest BCUT2D eigenvalue weighted by molar-refractivity contribution is 0.0602. The van der Waals surface area contributed by atoms with Crippen LogP contribution in [0.25, 0.3) is 0 Å². The predicted octanol–water partition coefficient (Wildman–Crippen LogP) is 0.692. The van der Waals surface area contributed by atoms with E-state index >= 15 is 0 Å². The van der Waals surface area contributed by atoms with Crippen molar-refractivity contribution < 1.29 is 17.9 Å². The largest absolute Gasteiger partial charge is 0.465 e. The first kappa shape index (κ1) is 14.6. The summed E-state index contributed by atoms with van der Waals surface area (Å²) < 4.78 is 31.5. The number of hydrogen-bond acceptors (Lipinski definition) is 7. The van der Waals surface area contributed by atoms with Crippen LogP contribution in [0.2, 0.25) is 0 Å². The third-order valence-corrected chi connectivity index (χ3v) is 5.07. The highest BCUT2D eigenvalue weighted by Gasteiger charge is 2.27. The van der Waals surface area contributed by atoms with Crippen LogP contribution in [0.15, 0.2) is 22.7 Å². The Kier molecular flexibility index (Phi) is 4.16. The molecule has 0 aromatic carbocycles. The van der Waals surface area contributed by atoms with Gasteiger partial charge in [-0.2, -0.15) is 5.10 Å². The zero-order chi connectivity index (χ0) is 14.8. The van der Waals surface area contributed by atoms with Gasteiger partial charge >= 0.3 is 5.97 Å². The first-order valence-electron chi connectivity index (χ1n) is 5.49. The molecular weight excluding hydrogens is 304 g/mol. The number of nitrogens with zero attached hydrogens (tertiary/aromatic N) is 2. The van der Waals surface area contributed by atoms with Gasteiger partial charge < -0.3 is 4.74 Å². The maximum atomic E-state index is 12.3. The Hall–Kier alpha value is -1.78. The molecule has 2 aromatic rings. The minimum absolute atomic E-state index is 0.0322. The second-order valence-corrected chi connectivity index (χ2v) is 6.42. The van der Waals surface area contributed by atoms with Gasteiger partial charge in [-0.25, -0.2) is 22.9 Å². The SMILES string of the molecule is COC(=O)c1sccc1S(=O)(=O)NC(C)c1ncn[nH]1. The number of ether oxygens (including phenoxy) is 1. The van der Waals surface area contributed by atoms with Crippen molar-refractivity contribution in [1.29, 1.82) is 0 Å². The molecule has 0 saturated heterocycles. The minimum Gasteiger partial charge on any atom is -0.465 e. The molecule has 2 heterocycles. The van der Waals surface area contributed by atoms with Gasteiger partial charge in [0.15, 0.2) is 0 Å². The molecule has 2 N–H and O–H groups in total. The van der Waals surface area contributed by atoms with Gasteiger partial charge in [-0.1, -0.05) is 0 Å². The van der Waals surface area contributed by atoms with E-state index in [9.17, 15) is 13.2 Å². The molecule has 0 aliphatic heterocycles. The summed E-state index contributed by atoms with van der Waals surface area (Å²) in [6, 6.07) is 0.750. The summed E-state index contributed by atoms with van der Waals surface area (Å²) in [4.78, 5) is 15.3. The fourth-order valence-corrected chi connectivity index (χ4v) is 4.07. The molecule has 1 unspecified atom stereocenters. The van der Waals surface area contributed by atoms with Crippen molar-refractivity contribution in [2.45, 2.75) is 17.9 Å². The smallest absolute Gasteiger partial charge is 0.349 e.